The largest absolute Gasteiger partial charge is 0.393 e. The summed E-state index contributed by atoms with van der Waals surface area (Å²) in [5.41, 5.74) is 2.47. The minimum absolute atomic E-state index is 1.24. The molecule has 0 saturated heterocycles. The Kier molecular flexibility index (Phi) is 2.33. The van der Waals surface area contributed by atoms with Gasteiger partial charge in [0.1, 0.15) is 0 Å². The van der Waals surface area contributed by atoms with Crippen molar-refractivity contribution in [2.45, 2.75) is 0 Å². The summed E-state index contributed by atoms with van der Waals surface area (Å²) < 4.78 is 2.21. The normalized spacial score (nSPS) is 11.6. The molecule has 84 valence electrons. The van der Waals surface area contributed by atoms with Crippen LogP contribution in [0.2, 0.25) is 0 Å². The fourth-order valence-corrected chi connectivity index (χ4v) is 2.26. The van der Waals surface area contributed by atoms with Crippen molar-refractivity contribution in [1.82, 2.24) is 9.88 Å². The number of aromatic nitrogens is 1. The van der Waals surface area contributed by atoms with E-state index in [2.05, 4.69) is 64.6 Å². The molecule has 2 heteroatoms. The predicted octanol–water partition coefficient (Wildman–Crippen LogP) is 3.44. The van der Waals surface area contributed by atoms with Crippen LogP contribution in [0.5, 0.6) is 0 Å². The van der Waals surface area contributed by atoms with E-state index < -0.39 is 0 Å². The Morgan fingerprint density at radius 1 is 0.882 bits per heavy atom. The smallest absolute Gasteiger partial charge is 0.0535 e. The highest BCUT2D eigenvalue weighted by Crippen LogP contribution is 2.28. The zero-order valence-corrected chi connectivity index (χ0v) is 9.72. The van der Waals surface area contributed by atoms with Crippen molar-refractivity contribution in [3.63, 3.8) is 0 Å². The minimum atomic E-state index is 1.24. The average Bonchev–Trinajstić information content (AvgIpc) is 2.71. The van der Waals surface area contributed by atoms with Gasteiger partial charge in [0.25, 0.3) is 0 Å². The van der Waals surface area contributed by atoms with Gasteiger partial charge < -0.3 is 9.88 Å². The third-order valence-corrected chi connectivity index (χ3v) is 3.01. The second kappa shape index (κ2) is 3.98. The van der Waals surface area contributed by atoms with Crippen molar-refractivity contribution in [2.24, 2.45) is 0 Å². The molecular formula is C15H14N2. The van der Waals surface area contributed by atoms with E-state index in [4.69, 9.17) is 0 Å². The molecule has 1 aromatic heterocycles. The molecule has 0 radical (unpaired) electrons. The van der Waals surface area contributed by atoms with Crippen LogP contribution < -0.4 is 5.32 Å². The maximum absolute atomic E-state index is 3.03. The molecule has 1 N–H and O–H groups in total. The molecule has 1 heterocycles. The molecule has 0 aliphatic heterocycles. The van der Waals surface area contributed by atoms with Gasteiger partial charge in [-0.1, -0.05) is 36.4 Å². The van der Waals surface area contributed by atoms with Crippen LogP contribution in [0.1, 0.15) is 0 Å². The first-order valence-electron chi connectivity index (χ1n) is 5.73. The van der Waals surface area contributed by atoms with E-state index >= 15 is 0 Å². The molecule has 0 fully saturated rings. The number of nitrogens with zero attached hydrogens (tertiary/aromatic N) is 1. The summed E-state index contributed by atoms with van der Waals surface area (Å²) in [4.78, 5) is 0. The third-order valence-electron chi connectivity index (χ3n) is 3.01. The van der Waals surface area contributed by atoms with Crippen molar-refractivity contribution >= 4 is 28.0 Å². The van der Waals surface area contributed by atoms with Gasteiger partial charge in [-0.05, 0) is 12.1 Å². The molecule has 0 aliphatic carbocycles. The van der Waals surface area contributed by atoms with E-state index in [9.17, 15) is 0 Å². The van der Waals surface area contributed by atoms with Gasteiger partial charge in [0.15, 0.2) is 0 Å². The van der Waals surface area contributed by atoms with Crippen LogP contribution >= 0.6 is 0 Å². The molecule has 3 rings (SSSR count). The molecule has 2 aromatic carbocycles. The SMILES string of the molecule is CNC=Cn1c2ccccc2c2ccccc21. The lowest BCUT2D eigenvalue weighted by atomic mass is 10.2. The summed E-state index contributed by atoms with van der Waals surface area (Å²) in [5, 5.41) is 5.62. The highest BCUT2D eigenvalue weighted by molar-refractivity contribution is 6.09. The zero-order chi connectivity index (χ0) is 11.7. The quantitative estimate of drug-likeness (QED) is 0.702. The summed E-state index contributed by atoms with van der Waals surface area (Å²) in [5.74, 6) is 0. The van der Waals surface area contributed by atoms with Gasteiger partial charge in [0, 0.05) is 30.2 Å². The first-order valence-corrected chi connectivity index (χ1v) is 5.73. The van der Waals surface area contributed by atoms with Crippen molar-refractivity contribution in [3.8, 4) is 0 Å². The third kappa shape index (κ3) is 1.49. The fraction of sp³-hybridized carbons (Fsp3) is 0.0667. The zero-order valence-electron chi connectivity index (χ0n) is 9.72. The van der Waals surface area contributed by atoms with E-state index in [1.807, 2.05) is 13.2 Å². The highest BCUT2D eigenvalue weighted by atomic mass is 15.0. The van der Waals surface area contributed by atoms with Crippen LogP contribution in [0.3, 0.4) is 0 Å². The van der Waals surface area contributed by atoms with Crippen LogP contribution in [0, 0.1) is 0 Å². The highest BCUT2D eigenvalue weighted by Gasteiger charge is 2.06. The summed E-state index contributed by atoms with van der Waals surface area (Å²) in [6, 6.07) is 16.9. The number of hydrogen-bond donors (Lipinski definition) is 1. The molecular weight excluding hydrogens is 208 g/mol. The van der Waals surface area contributed by atoms with E-state index in [0.717, 1.165) is 0 Å². The average molecular weight is 222 g/mol. The molecule has 17 heavy (non-hydrogen) atoms. The van der Waals surface area contributed by atoms with Crippen molar-refractivity contribution in [3.05, 3.63) is 54.7 Å². The molecule has 0 aliphatic rings. The van der Waals surface area contributed by atoms with Crippen LogP contribution in [0.25, 0.3) is 28.0 Å². The molecule has 0 amide bonds. The van der Waals surface area contributed by atoms with Crippen molar-refractivity contribution < 1.29 is 0 Å². The Morgan fingerprint density at radius 2 is 1.41 bits per heavy atom. The summed E-state index contributed by atoms with van der Waals surface area (Å²) >= 11 is 0. The second-order valence-electron chi connectivity index (χ2n) is 4.01. The van der Waals surface area contributed by atoms with Gasteiger partial charge in [-0.3, -0.25) is 0 Å². The number of rotatable bonds is 2. The van der Waals surface area contributed by atoms with Gasteiger partial charge in [0.05, 0.1) is 11.0 Å². The van der Waals surface area contributed by atoms with Crippen molar-refractivity contribution in [2.75, 3.05) is 7.05 Å². The Labute approximate surface area is 100 Å². The maximum Gasteiger partial charge on any atom is 0.0535 e. The topological polar surface area (TPSA) is 17.0 Å². The molecule has 0 bridgehead atoms. The first-order chi connectivity index (χ1) is 8.42. The van der Waals surface area contributed by atoms with Gasteiger partial charge in [-0.25, -0.2) is 0 Å². The summed E-state index contributed by atoms with van der Waals surface area (Å²) in [7, 11) is 1.91. The van der Waals surface area contributed by atoms with Crippen LogP contribution in [0.4, 0.5) is 0 Å². The van der Waals surface area contributed by atoms with Crippen LogP contribution in [-0.4, -0.2) is 11.6 Å². The number of nitrogens with one attached hydrogen (secondary N) is 1. The van der Waals surface area contributed by atoms with Gasteiger partial charge in [-0.2, -0.15) is 0 Å². The Hall–Kier alpha value is -2.22. The molecule has 0 unspecified atom stereocenters. The van der Waals surface area contributed by atoms with E-state index in [0.29, 0.717) is 0 Å². The molecule has 0 spiro atoms. The van der Waals surface area contributed by atoms with Gasteiger partial charge in [0.2, 0.25) is 0 Å². The lowest BCUT2D eigenvalue weighted by Crippen LogP contribution is -1.94. The Balaban J connectivity index is 2.46. The Morgan fingerprint density at radius 3 is 1.94 bits per heavy atom. The summed E-state index contributed by atoms with van der Waals surface area (Å²) in [6.45, 7) is 0. The number of para-hydroxylation sites is 2. The first kappa shape index (κ1) is 9.97. The lowest BCUT2D eigenvalue weighted by Gasteiger charge is -1.99. The lowest BCUT2D eigenvalue weighted by molar-refractivity contribution is 1.10. The number of benzene rings is 2. The standard InChI is InChI=1S/C15H14N2/c1-16-10-11-17-14-8-4-2-6-12(14)13-7-3-5-9-15(13)17/h2-11,16H,1H3. The summed E-state index contributed by atoms with van der Waals surface area (Å²) in [6.07, 6.45) is 4.00. The maximum atomic E-state index is 3.03. The van der Waals surface area contributed by atoms with Crippen molar-refractivity contribution in [1.29, 1.82) is 0 Å². The molecule has 0 atom stereocenters. The Bertz CT molecular complexity index is 639. The van der Waals surface area contributed by atoms with Crippen LogP contribution in [0.15, 0.2) is 54.7 Å². The molecule has 2 nitrogen and oxygen atoms in total. The van der Waals surface area contributed by atoms with E-state index in [1.165, 1.54) is 21.8 Å². The number of fused-ring (bicyclic) bond motifs is 3. The van der Waals surface area contributed by atoms with E-state index in [1.54, 1.807) is 0 Å². The molecule has 0 saturated carbocycles. The minimum Gasteiger partial charge on any atom is -0.393 e. The number of hydrogen-bond acceptors (Lipinski definition) is 1. The van der Waals surface area contributed by atoms with E-state index in [-0.39, 0.29) is 0 Å². The second-order valence-corrected chi connectivity index (χ2v) is 4.01. The van der Waals surface area contributed by atoms with Crippen LogP contribution in [-0.2, 0) is 0 Å². The fourth-order valence-electron chi connectivity index (χ4n) is 2.26. The monoisotopic (exact) mass is 222 g/mol. The van der Waals surface area contributed by atoms with Gasteiger partial charge >= 0.3 is 0 Å². The predicted molar refractivity (Wildman–Crippen MR) is 73.8 cm³/mol. The van der Waals surface area contributed by atoms with Gasteiger partial charge in [-0.15, -0.1) is 0 Å². The molecule has 3 aromatic rings.